The number of carboxylic acids is 1. The quantitative estimate of drug-likeness (QED) is 0.560. The van der Waals surface area contributed by atoms with Gasteiger partial charge >= 0.3 is 5.97 Å². The molecular weight excluding hydrogens is 442 g/mol. The first-order valence-electron chi connectivity index (χ1n) is 10.9. The lowest BCUT2D eigenvalue weighted by Gasteiger charge is -2.40. The first kappa shape index (κ1) is 25.0. The van der Waals surface area contributed by atoms with Gasteiger partial charge in [-0.2, -0.15) is 0 Å². The van der Waals surface area contributed by atoms with E-state index in [4.69, 9.17) is 23.7 Å². The average molecular weight is 474 g/mol. The van der Waals surface area contributed by atoms with Crippen molar-refractivity contribution in [1.29, 1.82) is 0 Å². The van der Waals surface area contributed by atoms with E-state index in [9.17, 15) is 14.7 Å². The van der Waals surface area contributed by atoms with E-state index < -0.39 is 17.9 Å². The van der Waals surface area contributed by atoms with Crippen molar-refractivity contribution in [2.45, 2.75) is 25.3 Å². The van der Waals surface area contributed by atoms with E-state index >= 15 is 0 Å². The number of aliphatic carboxylic acids is 1. The van der Waals surface area contributed by atoms with Crippen LogP contribution in [-0.4, -0.2) is 64.0 Å². The van der Waals surface area contributed by atoms with Gasteiger partial charge in [-0.3, -0.25) is 9.59 Å². The molecular formula is C25H31NO8. The van der Waals surface area contributed by atoms with E-state index in [2.05, 4.69) is 0 Å². The second-order valence-electron chi connectivity index (χ2n) is 7.91. The number of hydrogen-bond acceptors (Lipinski definition) is 7. The minimum atomic E-state index is -0.956. The van der Waals surface area contributed by atoms with E-state index in [0.29, 0.717) is 47.3 Å². The maximum atomic E-state index is 13.0. The number of nitrogens with zero attached hydrogens (tertiary/aromatic N) is 1. The monoisotopic (exact) mass is 473 g/mol. The molecule has 0 unspecified atom stereocenters. The predicted octanol–water partition coefficient (Wildman–Crippen LogP) is 3.34. The molecule has 9 nitrogen and oxygen atoms in total. The molecule has 2 atom stereocenters. The number of carbonyl (C=O) groups is 2. The number of rotatable bonds is 10. The fourth-order valence-electron chi connectivity index (χ4n) is 4.45. The molecule has 2 aromatic carbocycles. The maximum Gasteiger partial charge on any atom is 0.308 e. The summed E-state index contributed by atoms with van der Waals surface area (Å²) in [7, 11) is 7.62. The van der Waals surface area contributed by atoms with Crippen molar-refractivity contribution in [1.82, 2.24) is 4.90 Å². The van der Waals surface area contributed by atoms with Gasteiger partial charge < -0.3 is 33.7 Å². The molecule has 184 valence electrons. The Balaban J connectivity index is 1.99. The lowest BCUT2D eigenvalue weighted by Crippen LogP contribution is -2.46. The largest absolute Gasteiger partial charge is 0.493 e. The minimum Gasteiger partial charge on any atom is -0.493 e. The van der Waals surface area contributed by atoms with Crippen LogP contribution in [0.2, 0.25) is 0 Å². The van der Waals surface area contributed by atoms with E-state index in [0.717, 1.165) is 5.56 Å². The van der Waals surface area contributed by atoms with Crippen LogP contribution in [0, 0.1) is 5.92 Å². The topological polar surface area (TPSA) is 104 Å². The Bertz CT molecular complexity index is 1010. The normalized spacial score (nSPS) is 17.8. The number of methoxy groups -OCH3 is 5. The van der Waals surface area contributed by atoms with Gasteiger partial charge in [-0.15, -0.1) is 0 Å². The highest BCUT2D eigenvalue weighted by atomic mass is 16.5. The third kappa shape index (κ3) is 4.98. The first-order chi connectivity index (χ1) is 16.4. The van der Waals surface area contributed by atoms with Crippen LogP contribution in [0.25, 0.3) is 0 Å². The molecule has 9 heteroatoms. The molecule has 1 fully saturated rings. The molecule has 0 saturated carbocycles. The van der Waals surface area contributed by atoms with Crippen LogP contribution in [-0.2, 0) is 16.0 Å². The van der Waals surface area contributed by atoms with Gasteiger partial charge in [-0.05, 0) is 48.2 Å². The zero-order valence-electron chi connectivity index (χ0n) is 20.1. The zero-order chi connectivity index (χ0) is 24.8. The Morgan fingerprint density at radius 2 is 1.53 bits per heavy atom. The van der Waals surface area contributed by atoms with Crippen molar-refractivity contribution in [2.75, 3.05) is 42.1 Å². The number of ether oxygens (including phenoxy) is 5. The van der Waals surface area contributed by atoms with Gasteiger partial charge in [0.05, 0.1) is 47.5 Å². The summed E-state index contributed by atoms with van der Waals surface area (Å²) in [6, 6.07) is 8.30. The highest BCUT2D eigenvalue weighted by Gasteiger charge is 2.41. The molecule has 34 heavy (non-hydrogen) atoms. The predicted molar refractivity (Wildman–Crippen MR) is 124 cm³/mol. The summed E-state index contributed by atoms with van der Waals surface area (Å²) in [6.45, 7) is 0.333. The fraction of sp³-hybridized carbons (Fsp3) is 0.440. The zero-order valence-corrected chi connectivity index (χ0v) is 20.1. The highest BCUT2D eigenvalue weighted by Crippen LogP contribution is 2.44. The average Bonchev–Trinajstić information content (AvgIpc) is 2.86. The summed E-state index contributed by atoms with van der Waals surface area (Å²) in [5.41, 5.74) is 1.55. The van der Waals surface area contributed by atoms with Gasteiger partial charge in [0.1, 0.15) is 0 Å². The maximum absolute atomic E-state index is 13.0. The Hall–Kier alpha value is -3.62. The molecule has 1 amide bonds. The lowest BCUT2D eigenvalue weighted by molar-refractivity contribution is -0.152. The van der Waals surface area contributed by atoms with Gasteiger partial charge in [-0.1, -0.05) is 6.07 Å². The number of piperidine rings is 1. The third-order valence-corrected chi connectivity index (χ3v) is 6.14. The smallest absolute Gasteiger partial charge is 0.308 e. The van der Waals surface area contributed by atoms with Gasteiger partial charge in [0, 0.05) is 13.0 Å². The summed E-state index contributed by atoms with van der Waals surface area (Å²) in [5, 5.41) is 9.98. The molecule has 1 aliphatic heterocycles. The Labute approximate surface area is 199 Å². The molecule has 1 saturated heterocycles. The number of carboxylic acid groups (broad SMARTS) is 1. The van der Waals surface area contributed by atoms with Crippen molar-refractivity contribution in [3.63, 3.8) is 0 Å². The van der Waals surface area contributed by atoms with E-state index in [1.54, 1.807) is 31.3 Å². The lowest BCUT2D eigenvalue weighted by atomic mass is 9.83. The second-order valence-corrected chi connectivity index (χ2v) is 7.91. The molecule has 0 spiro atoms. The number of amides is 1. The molecule has 2 aromatic rings. The fourth-order valence-corrected chi connectivity index (χ4v) is 4.45. The van der Waals surface area contributed by atoms with E-state index in [-0.39, 0.29) is 18.7 Å². The van der Waals surface area contributed by atoms with Crippen LogP contribution in [0.3, 0.4) is 0 Å². The SMILES string of the molecule is COc1ccc(CCN2C(=O)CC[C@@H](C(=O)O)[C@H]2c2cc(OC)c(OC)c(OC)c2)cc1OC. The molecule has 3 rings (SSSR count). The second kappa shape index (κ2) is 11.0. The van der Waals surface area contributed by atoms with Crippen LogP contribution in [0.5, 0.6) is 28.7 Å². The summed E-state index contributed by atoms with van der Waals surface area (Å²) in [6.07, 6.45) is 0.936. The van der Waals surface area contributed by atoms with Crippen molar-refractivity contribution in [2.24, 2.45) is 5.92 Å². The van der Waals surface area contributed by atoms with Gasteiger partial charge in [-0.25, -0.2) is 0 Å². The van der Waals surface area contributed by atoms with Crippen LogP contribution in [0.15, 0.2) is 30.3 Å². The molecule has 0 aromatic heterocycles. The van der Waals surface area contributed by atoms with Crippen LogP contribution in [0.4, 0.5) is 0 Å². The van der Waals surface area contributed by atoms with Gasteiger partial charge in [0.15, 0.2) is 23.0 Å². The summed E-state index contributed by atoms with van der Waals surface area (Å²) in [5.74, 6) is 0.582. The van der Waals surface area contributed by atoms with Gasteiger partial charge in [0.2, 0.25) is 11.7 Å². The number of benzene rings is 2. The van der Waals surface area contributed by atoms with Gasteiger partial charge in [0.25, 0.3) is 0 Å². The third-order valence-electron chi connectivity index (χ3n) is 6.14. The van der Waals surface area contributed by atoms with Crippen molar-refractivity contribution >= 4 is 11.9 Å². The van der Waals surface area contributed by atoms with Crippen molar-refractivity contribution in [3.8, 4) is 28.7 Å². The van der Waals surface area contributed by atoms with Crippen LogP contribution in [0.1, 0.15) is 30.0 Å². The standard InChI is InChI=1S/C25H31NO8/c1-30-18-8-6-15(12-19(18)31-2)10-11-26-22(27)9-7-17(25(28)29)23(26)16-13-20(32-3)24(34-5)21(14-16)33-4/h6,8,12-14,17,23H,7,9-11H2,1-5H3,(H,28,29)/t17-,23-/m1/s1. The molecule has 1 aliphatic rings. The molecule has 1 heterocycles. The minimum absolute atomic E-state index is 0.100. The first-order valence-corrected chi connectivity index (χ1v) is 10.9. The molecule has 0 bridgehead atoms. The Morgan fingerprint density at radius 1 is 0.912 bits per heavy atom. The van der Waals surface area contributed by atoms with Crippen LogP contribution < -0.4 is 23.7 Å². The van der Waals surface area contributed by atoms with E-state index in [1.807, 2.05) is 18.2 Å². The molecule has 1 N–H and O–H groups in total. The Kier molecular flexibility index (Phi) is 8.09. The van der Waals surface area contributed by atoms with Crippen LogP contribution >= 0.6 is 0 Å². The summed E-state index contributed by atoms with van der Waals surface area (Å²) >= 11 is 0. The molecule has 0 radical (unpaired) electrons. The number of carbonyl (C=O) groups excluding carboxylic acids is 1. The Morgan fingerprint density at radius 3 is 2.06 bits per heavy atom. The number of likely N-dealkylation sites (tertiary alicyclic amines) is 1. The van der Waals surface area contributed by atoms with Crippen molar-refractivity contribution < 1.29 is 38.4 Å². The highest BCUT2D eigenvalue weighted by molar-refractivity contribution is 5.82. The number of hydrogen-bond donors (Lipinski definition) is 1. The molecule has 0 aliphatic carbocycles. The summed E-state index contributed by atoms with van der Waals surface area (Å²) in [4.78, 5) is 26.9. The summed E-state index contributed by atoms with van der Waals surface area (Å²) < 4.78 is 27.0. The van der Waals surface area contributed by atoms with Crippen molar-refractivity contribution in [3.05, 3.63) is 41.5 Å². The van der Waals surface area contributed by atoms with E-state index in [1.165, 1.54) is 21.3 Å².